The number of anilines is 1. The molecule has 0 aliphatic carbocycles. The summed E-state index contributed by atoms with van der Waals surface area (Å²) in [7, 11) is 0. The SMILES string of the molecule is NCCN(Cc1ccc2ccccc2c1)c1nc(C(=O)O)cs1. The molecule has 0 unspecified atom stereocenters. The van der Waals surface area contributed by atoms with Crippen LogP contribution in [0, 0.1) is 0 Å². The first-order chi connectivity index (χ1) is 11.2. The van der Waals surface area contributed by atoms with Gasteiger partial charge in [0.2, 0.25) is 0 Å². The standard InChI is InChI=1S/C17H17N3O2S/c18-7-8-20(17-19-15(11-23-17)16(21)22)10-12-5-6-13-3-1-2-4-14(13)9-12/h1-6,9,11H,7-8,10,18H2,(H,21,22). The van der Waals surface area contributed by atoms with Gasteiger partial charge < -0.3 is 15.7 Å². The molecule has 0 aliphatic heterocycles. The van der Waals surface area contributed by atoms with Crippen LogP contribution in [0.1, 0.15) is 16.1 Å². The van der Waals surface area contributed by atoms with E-state index in [1.54, 1.807) is 5.38 Å². The largest absolute Gasteiger partial charge is 0.476 e. The molecular formula is C17H17N3O2S. The molecule has 0 saturated carbocycles. The third kappa shape index (κ3) is 3.49. The Labute approximate surface area is 138 Å². The average Bonchev–Trinajstić information content (AvgIpc) is 3.04. The maximum absolute atomic E-state index is 11.0. The fraction of sp³-hybridized carbons (Fsp3) is 0.176. The summed E-state index contributed by atoms with van der Waals surface area (Å²) in [5.41, 5.74) is 6.91. The van der Waals surface area contributed by atoms with E-state index in [1.807, 2.05) is 17.0 Å². The maximum Gasteiger partial charge on any atom is 0.355 e. The molecule has 0 fully saturated rings. The molecule has 0 aliphatic rings. The van der Waals surface area contributed by atoms with E-state index < -0.39 is 5.97 Å². The predicted octanol–water partition coefficient (Wildman–Crippen LogP) is 2.96. The molecule has 3 N–H and O–H groups in total. The van der Waals surface area contributed by atoms with Gasteiger partial charge in [-0.05, 0) is 22.4 Å². The molecular weight excluding hydrogens is 310 g/mol. The summed E-state index contributed by atoms with van der Waals surface area (Å²) in [6.45, 7) is 1.75. The molecule has 0 saturated heterocycles. The molecule has 3 aromatic rings. The van der Waals surface area contributed by atoms with Crippen molar-refractivity contribution in [3.05, 3.63) is 59.1 Å². The van der Waals surface area contributed by atoms with E-state index in [0.29, 0.717) is 24.8 Å². The van der Waals surface area contributed by atoms with Gasteiger partial charge in [-0.2, -0.15) is 0 Å². The Morgan fingerprint density at radius 2 is 2.00 bits per heavy atom. The van der Waals surface area contributed by atoms with Gasteiger partial charge in [0.15, 0.2) is 10.8 Å². The van der Waals surface area contributed by atoms with Gasteiger partial charge in [-0.15, -0.1) is 11.3 Å². The van der Waals surface area contributed by atoms with E-state index >= 15 is 0 Å². The second-order valence-corrected chi connectivity index (χ2v) is 6.05. The molecule has 23 heavy (non-hydrogen) atoms. The first-order valence-electron chi connectivity index (χ1n) is 7.29. The topological polar surface area (TPSA) is 79.5 Å². The summed E-state index contributed by atoms with van der Waals surface area (Å²) in [6.07, 6.45) is 0. The maximum atomic E-state index is 11.0. The van der Waals surface area contributed by atoms with Gasteiger partial charge in [0, 0.05) is 25.0 Å². The number of nitrogens with zero attached hydrogens (tertiary/aromatic N) is 2. The van der Waals surface area contributed by atoms with Gasteiger partial charge in [0.1, 0.15) is 0 Å². The number of nitrogens with two attached hydrogens (primary N) is 1. The van der Waals surface area contributed by atoms with Crippen molar-refractivity contribution in [2.75, 3.05) is 18.0 Å². The Morgan fingerprint density at radius 1 is 1.22 bits per heavy atom. The zero-order valence-electron chi connectivity index (χ0n) is 12.5. The van der Waals surface area contributed by atoms with Crippen molar-refractivity contribution in [2.24, 2.45) is 5.73 Å². The van der Waals surface area contributed by atoms with Crippen LogP contribution in [0.2, 0.25) is 0 Å². The molecule has 0 radical (unpaired) electrons. The molecule has 1 aromatic heterocycles. The summed E-state index contributed by atoms with van der Waals surface area (Å²) >= 11 is 1.33. The lowest BCUT2D eigenvalue weighted by molar-refractivity contribution is 0.0691. The summed E-state index contributed by atoms with van der Waals surface area (Å²) in [6, 6.07) is 14.5. The van der Waals surface area contributed by atoms with Gasteiger partial charge >= 0.3 is 5.97 Å². The molecule has 0 amide bonds. The van der Waals surface area contributed by atoms with Gasteiger partial charge in [-0.3, -0.25) is 0 Å². The van der Waals surface area contributed by atoms with Crippen LogP contribution in [-0.2, 0) is 6.54 Å². The number of fused-ring (bicyclic) bond motifs is 1. The number of hydrogen-bond donors (Lipinski definition) is 2. The number of hydrogen-bond acceptors (Lipinski definition) is 5. The van der Waals surface area contributed by atoms with Crippen molar-refractivity contribution < 1.29 is 9.90 Å². The van der Waals surface area contributed by atoms with Gasteiger partial charge in [-0.1, -0.05) is 36.4 Å². The summed E-state index contributed by atoms with van der Waals surface area (Å²) in [4.78, 5) is 17.2. The van der Waals surface area contributed by atoms with E-state index in [1.165, 1.54) is 22.1 Å². The van der Waals surface area contributed by atoms with Crippen molar-refractivity contribution in [2.45, 2.75) is 6.54 Å². The minimum Gasteiger partial charge on any atom is -0.476 e. The number of rotatable bonds is 6. The monoisotopic (exact) mass is 327 g/mol. The zero-order valence-corrected chi connectivity index (χ0v) is 13.3. The molecule has 0 bridgehead atoms. The van der Waals surface area contributed by atoms with Gasteiger partial charge in [0.25, 0.3) is 0 Å². The predicted molar refractivity (Wildman–Crippen MR) is 93.1 cm³/mol. The van der Waals surface area contributed by atoms with Crippen molar-refractivity contribution >= 4 is 33.2 Å². The van der Waals surface area contributed by atoms with E-state index in [9.17, 15) is 4.79 Å². The summed E-state index contributed by atoms with van der Waals surface area (Å²) in [5, 5.41) is 13.6. The number of carbonyl (C=O) groups is 1. The molecule has 0 atom stereocenters. The fourth-order valence-electron chi connectivity index (χ4n) is 2.46. The minimum atomic E-state index is -1.01. The third-order valence-electron chi connectivity index (χ3n) is 3.57. The summed E-state index contributed by atoms with van der Waals surface area (Å²) in [5.74, 6) is -1.01. The first kappa shape index (κ1) is 15.5. The smallest absolute Gasteiger partial charge is 0.355 e. The second kappa shape index (κ2) is 6.76. The second-order valence-electron chi connectivity index (χ2n) is 5.21. The highest BCUT2D eigenvalue weighted by Gasteiger charge is 2.14. The van der Waals surface area contributed by atoms with Crippen molar-refractivity contribution in [3.63, 3.8) is 0 Å². The number of aromatic carboxylic acids is 1. The van der Waals surface area contributed by atoms with Crippen LogP contribution in [0.25, 0.3) is 10.8 Å². The normalized spacial score (nSPS) is 10.8. The number of carboxylic acid groups (broad SMARTS) is 1. The highest BCUT2D eigenvalue weighted by molar-refractivity contribution is 7.13. The Kier molecular flexibility index (Phi) is 4.55. The molecule has 1 heterocycles. The Morgan fingerprint density at radius 3 is 2.70 bits per heavy atom. The Bertz CT molecular complexity index is 831. The fourth-order valence-corrected chi connectivity index (χ4v) is 3.29. The van der Waals surface area contributed by atoms with E-state index in [-0.39, 0.29) is 5.69 Å². The lowest BCUT2D eigenvalue weighted by Crippen LogP contribution is -2.28. The first-order valence-corrected chi connectivity index (χ1v) is 8.17. The highest BCUT2D eigenvalue weighted by atomic mass is 32.1. The van der Waals surface area contributed by atoms with Crippen LogP contribution in [0.15, 0.2) is 47.8 Å². The van der Waals surface area contributed by atoms with Crippen LogP contribution in [0.5, 0.6) is 0 Å². The lowest BCUT2D eigenvalue weighted by atomic mass is 10.1. The molecule has 0 spiro atoms. The quantitative estimate of drug-likeness (QED) is 0.727. The number of carboxylic acids is 1. The average molecular weight is 327 g/mol. The highest BCUT2D eigenvalue weighted by Crippen LogP contribution is 2.23. The Balaban J connectivity index is 1.86. The molecule has 118 valence electrons. The van der Waals surface area contributed by atoms with Crippen LogP contribution in [-0.4, -0.2) is 29.1 Å². The third-order valence-corrected chi connectivity index (χ3v) is 4.47. The van der Waals surface area contributed by atoms with E-state index in [4.69, 9.17) is 10.8 Å². The van der Waals surface area contributed by atoms with Crippen molar-refractivity contribution in [3.8, 4) is 0 Å². The van der Waals surface area contributed by atoms with Crippen molar-refractivity contribution in [1.82, 2.24) is 4.98 Å². The molecule has 6 heteroatoms. The van der Waals surface area contributed by atoms with Gasteiger partial charge in [-0.25, -0.2) is 9.78 Å². The van der Waals surface area contributed by atoms with Crippen molar-refractivity contribution in [1.29, 1.82) is 0 Å². The van der Waals surface area contributed by atoms with E-state index in [2.05, 4.69) is 35.3 Å². The molecule has 3 rings (SSSR count). The summed E-state index contributed by atoms with van der Waals surface area (Å²) < 4.78 is 0. The number of benzene rings is 2. The number of thiazole rings is 1. The van der Waals surface area contributed by atoms with E-state index in [0.717, 1.165) is 5.56 Å². The molecule has 5 nitrogen and oxygen atoms in total. The van der Waals surface area contributed by atoms with Crippen LogP contribution >= 0.6 is 11.3 Å². The number of aromatic nitrogens is 1. The lowest BCUT2D eigenvalue weighted by Gasteiger charge is -2.21. The Hall–Kier alpha value is -2.44. The van der Waals surface area contributed by atoms with Crippen LogP contribution in [0.3, 0.4) is 0 Å². The zero-order chi connectivity index (χ0) is 16.2. The van der Waals surface area contributed by atoms with Gasteiger partial charge in [0.05, 0.1) is 0 Å². The molecule has 2 aromatic carbocycles. The van der Waals surface area contributed by atoms with Crippen LogP contribution < -0.4 is 10.6 Å². The van der Waals surface area contributed by atoms with Crippen LogP contribution in [0.4, 0.5) is 5.13 Å². The minimum absolute atomic E-state index is 0.0746.